The van der Waals surface area contributed by atoms with Crippen molar-refractivity contribution >= 4 is 61.4 Å². The lowest BCUT2D eigenvalue weighted by Crippen LogP contribution is -2.71. The minimum atomic E-state index is -4.00. The normalized spacial score (nSPS) is 27.3. The number of esters is 2. The molecule has 270 valence electrons. The number of nitrogens with one attached hydrogen (secondary N) is 1. The molecule has 4 N–H and O–H groups in total. The van der Waals surface area contributed by atoms with E-state index in [2.05, 4.69) is 5.32 Å². The third-order valence-corrected chi connectivity index (χ3v) is 14.3. The van der Waals surface area contributed by atoms with Crippen molar-refractivity contribution in [3.8, 4) is 0 Å². The second kappa shape index (κ2) is 13.3. The first-order valence-corrected chi connectivity index (χ1v) is 19.1. The van der Waals surface area contributed by atoms with Gasteiger partial charge in [0.25, 0.3) is 10.1 Å². The lowest BCUT2D eigenvalue weighted by Gasteiger charge is -2.44. The minimum absolute atomic E-state index is 0.0741. The van der Waals surface area contributed by atoms with E-state index in [1.54, 1.807) is 62.4 Å². The van der Waals surface area contributed by atoms with Gasteiger partial charge in [0.1, 0.15) is 34.9 Å². The zero-order valence-corrected chi connectivity index (χ0v) is 29.7. The number of hydrogen-bond donors (Lipinski definition) is 3. The Morgan fingerprint density at radius 2 is 1.50 bits per heavy atom. The number of thioether (sulfide) groups is 1. The highest BCUT2D eigenvalue weighted by atomic mass is 32.2. The molecule has 0 radical (unpaired) electrons. The number of carbonyl (C=O) groups excluding carboxylic acids is 5. The Hall–Kier alpha value is -4.04. The number of carbonyl (C=O) groups is 5. The van der Waals surface area contributed by atoms with Gasteiger partial charge in [0, 0.05) is 4.75 Å². The van der Waals surface area contributed by atoms with Crippen LogP contribution in [0.4, 0.5) is 0 Å². The van der Waals surface area contributed by atoms with Gasteiger partial charge < -0.3 is 30.3 Å². The van der Waals surface area contributed by atoms with E-state index in [-0.39, 0.29) is 11.3 Å². The van der Waals surface area contributed by atoms with Crippen LogP contribution in [0.3, 0.4) is 0 Å². The highest BCUT2D eigenvalue weighted by Gasteiger charge is 2.68. The largest absolute Gasteiger partial charge is 0.426 e. The highest BCUT2D eigenvalue weighted by molar-refractivity contribution is 8.01. The van der Waals surface area contributed by atoms with E-state index in [1.165, 1.54) is 42.6 Å². The molecule has 4 aliphatic rings. The number of ether oxygens (including phenoxy) is 2. The van der Waals surface area contributed by atoms with Gasteiger partial charge in [-0.25, -0.2) is 18.0 Å². The number of nitrogens with zero attached hydrogens (tertiary/aromatic N) is 2. The Bertz CT molecular complexity index is 1920. The second-order valence-corrected chi connectivity index (χ2v) is 18.9. The van der Waals surface area contributed by atoms with Crippen molar-refractivity contribution in [2.45, 2.75) is 83.4 Å². The van der Waals surface area contributed by atoms with Crippen LogP contribution in [0.25, 0.3) is 0 Å². The van der Waals surface area contributed by atoms with E-state index in [0.29, 0.717) is 5.56 Å². The molecule has 0 spiro atoms. The van der Waals surface area contributed by atoms with Gasteiger partial charge in [0.2, 0.25) is 24.5 Å². The minimum Gasteiger partial charge on any atom is -0.426 e. The van der Waals surface area contributed by atoms with Crippen LogP contribution < -0.4 is 11.1 Å². The highest BCUT2D eigenvalue weighted by Crippen LogP contribution is 2.51. The molecule has 50 heavy (non-hydrogen) atoms. The predicted molar refractivity (Wildman–Crippen MR) is 177 cm³/mol. The molecule has 4 saturated heterocycles. The Labute approximate surface area is 292 Å². The van der Waals surface area contributed by atoms with Crippen LogP contribution >= 0.6 is 11.8 Å². The SMILES string of the molecule is CC1(C)S[C@@H]2[C@H](NC(=O)C(N)c3ccccc3)C(=O)N2[C@H]1C(=O)OCOC(=O)[C@@H]1N2C(=O)C[C@H]2S(=O)(=O)C1(C)C.O=S(=O)(O)c1ccccc1. The number of benzene rings is 2. The van der Waals surface area contributed by atoms with E-state index in [9.17, 15) is 40.8 Å². The summed E-state index contributed by atoms with van der Waals surface area (Å²) in [6.07, 6.45) is -0.191. The van der Waals surface area contributed by atoms with Gasteiger partial charge in [0.05, 0.1) is 16.1 Å². The summed E-state index contributed by atoms with van der Waals surface area (Å²) in [4.78, 5) is 65.8. The van der Waals surface area contributed by atoms with E-state index >= 15 is 0 Å². The van der Waals surface area contributed by atoms with Crippen molar-refractivity contribution < 1.29 is 54.8 Å². The van der Waals surface area contributed by atoms with Gasteiger partial charge in [-0.05, 0) is 45.4 Å². The van der Waals surface area contributed by atoms with E-state index < -0.39 is 101 Å². The lowest BCUT2D eigenvalue weighted by molar-refractivity contribution is -0.181. The van der Waals surface area contributed by atoms with Gasteiger partial charge in [-0.3, -0.25) is 18.9 Å². The molecule has 19 heteroatoms. The fraction of sp³-hybridized carbons (Fsp3) is 0.452. The Balaban J connectivity index is 0.000000418. The van der Waals surface area contributed by atoms with Crippen molar-refractivity contribution in [1.82, 2.24) is 15.1 Å². The average molecular weight is 753 g/mol. The number of sulfone groups is 1. The fourth-order valence-electron chi connectivity index (χ4n) is 6.29. The molecule has 1 unspecified atom stereocenters. The fourth-order valence-corrected chi connectivity index (χ4v) is 10.5. The summed E-state index contributed by atoms with van der Waals surface area (Å²) in [5.74, 6) is -3.32. The molecule has 4 aliphatic heterocycles. The van der Waals surface area contributed by atoms with Gasteiger partial charge in [-0.2, -0.15) is 8.42 Å². The van der Waals surface area contributed by atoms with Crippen molar-refractivity contribution in [2.75, 3.05) is 6.79 Å². The number of hydrogen-bond acceptors (Lipinski definition) is 13. The Kier molecular flexibility index (Phi) is 9.87. The molecule has 4 heterocycles. The van der Waals surface area contributed by atoms with Crippen LogP contribution in [0, 0.1) is 0 Å². The predicted octanol–water partition coefficient (Wildman–Crippen LogP) is 0.345. The smallest absolute Gasteiger partial charge is 0.333 e. The van der Waals surface area contributed by atoms with Gasteiger partial charge >= 0.3 is 11.9 Å². The quantitative estimate of drug-likeness (QED) is 0.143. The topological polar surface area (TPSA) is 237 Å². The molecule has 2 aromatic rings. The van der Waals surface area contributed by atoms with Crippen LogP contribution in [0.1, 0.15) is 45.7 Å². The van der Waals surface area contributed by atoms with Gasteiger partial charge in [-0.1, -0.05) is 48.5 Å². The van der Waals surface area contributed by atoms with Gasteiger partial charge in [-0.15, -0.1) is 11.8 Å². The van der Waals surface area contributed by atoms with Crippen LogP contribution in [0.5, 0.6) is 0 Å². The third kappa shape index (κ3) is 6.47. The molecule has 3 amide bonds. The van der Waals surface area contributed by atoms with Crippen LogP contribution in [-0.2, 0) is 53.4 Å². The molecule has 0 saturated carbocycles. The average Bonchev–Trinajstić information content (AvgIpc) is 3.38. The third-order valence-electron chi connectivity index (χ3n) is 9.05. The summed E-state index contributed by atoms with van der Waals surface area (Å²) in [5.41, 5.74) is 6.64. The number of β-lactam (4-membered cyclic amide) rings is 2. The van der Waals surface area contributed by atoms with Crippen LogP contribution in [-0.4, -0.2) is 106 Å². The first kappa shape index (κ1) is 37.2. The van der Waals surface area contributed by atoms with Crippen LogP contribution in [0.2, 0.25) is 0 Å². The maximum atomic E-state index is 13.0. The summed E-state index contributed by atoms with van der Waals surface area (Å²) in [7, 11) is -7.80. The summed E-state index contributed by atoms with van der Waals surface area (Å²) in [6.45, 7) is 5.37. The summed E-state index contributed by atoms with van der Waals surface area (Å²) in [5, 5.41) is 1.07. The molecule has 6 atom stereocenters. The molecule has 2 aromatic carbocycles. The first-order valence-electron chi connectivity index (χ1n) is 15.2. The van der Waals surface area contributed by atoms with Crippen molar-refractivity contribution in [3.05, 3.63) is 66.2 Å². The first-order chi connectivity index (χ1) is 23.2. The molecule has 16 nitrogen and oxygen atoms in total. The molecule has 6 rings (SSSR count). The van der Waals surface area contributed by atoms with Crippen LogP contribution in [0.15, 0.2) is 65.6 Å². The number of nitrogens with two attached hydrogens (primary N) is 1. The number of amides is 3. The van der Waals surface area contributed by atoms with Gasteiger partial charge in [0.15, 0.2) is 9.84 Å². The zero-order valence-electron chi connectivity index (χ0n) is 27.3. The summed E-state index contributed by atoms with van der Waals surface area (Å²) >= 11 is 1.31. The molecule has 4 fully saturated rings. The van der Waals surface area contributed by atoms with Crippen molar-refractivity contribution in [2.24, 2.45) is 5.73 Å². The van der Waals surface area contributed by atoms with E-state index in [1.807, 2.05) is 0 Å². The monoisotopic (exact) mass is 752 g/mol. The zero-order chi connectivity index (χ0) is 37.0. The Morgan fingerprint density at radius 1 is 0.960 bits per heavy atom. The Morgan fingerprint density at radius 3 is 2.02 bits per heavy atom. The molecule has 0 aliphatic carbocycles. The summed E-state index contributed by atoms with van der Waals surface area (Å²) in [6, 6.07) is 11.9. The lowest BCUT2D eigenvalue weighted by atomic mass is 9.95. The van der Waals surface area contributed by atoms with E-state index in [0.717, 1.165) is 4.90 Å². The second-order valence-electron chi connectivity index (χ2n) is 13.0. The molecular weight excluding hydrogens is 717 g/mol. The molecular formula is C31H36N4O12S3. The molecule has 0 bridgehead atoms. The van der Waals surface area contributed by atoms with Crippen molar-refractivity contribution in [1.29, 1.82) is 0 Å². The number of fused-ring (bicyclic) bond motifs is 2. The molecule has 0 aromatic heterocycles. The van der Waals surface area contributed by atoms with Crippen molar-refractivity contribution in [3.63, 3.8) is 0 Å². The maximum Gasteiger partial charge on any atom is 0.333 e. The van der Waals surface area contributed by atoms with E-state index in [4.69, 9.17) is 19.8 Å². The number of rotatable bonds is 8. The standard InChI is InChI=1S/C25H30N4O9S2.C6H6O3S/c1-24(2)17(29-20(32)16(21(29)39-24)27-19(31)15(26)12-8-6-5-7-9-12)22(33)37-11-38-23(34)18-25(3,4)40(35,36)14-10-13(30)28(14)18;7-10(8,9)6-4-2-1-3-5-6/h5-9,14-18,21H,10-11,26H2,1-4H3,(H,27,31);1-5H,(H,7,8,9)/t14-,15?,16-,17+,18+,21-;/m1./s1. The summed E-state index contributed by atoms with van der Waals surface area (Å²) < 4.78 is 62.5. The maximum absolute atomic E-state index is 13.0.